The lowest BCUT2D eigenvalue weighted by Gasteiger charge is -2.14. The summed E-state index contributed by atoms with van der Waals surface area (Å²) in [6, 6.07) is 0.689. The largest absolute Gasteiger partial charge is 0.395 e. The minimum Gasteiger partial charge on any atom is -0.395 e. The van der Waals surface area contributed by atoms with Gasteiger partial charge in [0.15, 0.2) is 17.5 Å². The highest BCUT2D eigenvalue weighted by Crippen LogP contribution is 2.31. The lowest BCUT2D eigenvalue weighted by Crippen LogP contribution is -2.34. The summed E-state index contributed by atoms with van der Waals surface area (Å²) in [5.74, 6) is -6.12. The number of anilines is 1. The maximum atomic E-state index is 13.7. The summed E-state index contributed by atoms with van der Waals surface area (Å²) in [5, 5.41) is 11.0. The van der Waals surface area contributed by atoms with E-state index in [1.165, 1.54) is 0 Å². The van der Waals surface area contributed by atoms with E-state index in [0.717, 1.165) is 11.0 Å². The SMILES string of the molecule is O=C1C=C(Nc2c(Br)cc(F)c(F)c2F)C(=O)N1CCO. The second-order valence-electron chi connectivity index (χ2n) is 4.04. The molecular formula is C12H8BrF3N2O3. The third kappa shape index (κ3) is 2.79. The van der Waals surface area contributed by atoms with Gasteiger partial charge in [0.2, 0.25) is 0 Å². The molecule has 2 rings (SSSR count). The van der Waals surface area contributed by atoms with Crippen LogP contribution in [0.25, 0.3) is 0 Å². The lowest BCUT2D eigenvalue weighted by molar-refractivity contribution is -0.137. The molecule has 1 heterocycles. The Kier molecular flexibility index (Phi) is 4.33. The maximum absolute atomic E-state index is 13.7. The number of β-amino-alcohol motifs (C(OH)–C–C–N with tert-alkyl or cyclic N) is 1. The molecule has 1 aliphatic rings. The number of rotatable bonds is 4. The Morgan fingerprint density at radius 1 is 1.24 bits per heavy atom. The van der Waals surface area contributed by atoms with E-state index in [0.29, 0.717) is 6.07 Å². The smallest absolute Gasteiger partial charge is 0.277 e. The molecule has 2 N–H and O–H groups in total. The van der Waals surface area contributed by atoms with Crippen LogP contribution < -0.4 is 5.32 Å². The van der Waals surface area contributed by atoms with Crippen molar-refractivity contribution in [1.29, 1.82) is 0 Å². The number of aliphatic hydroxyl groups excluding tert-OH is 1. The number of carbonyl (C=O) groups is 2. The van der Waals surface area contributed by atoms with E-state index in [1.54, 1.807) is 0 Å². The number of halogens is 4. The highest BCUT2D eigenvalue weighted by molar-refractivity contribution is 9.10. The van der Waals surface area contributed by atoms with Gasteiger partial charge in [0.1, 0.15) is 5.70 Å². The number of nitrogens with zero attached hydrogens (tertiary/aromatic N) is 1. The van der Waals surface area contributed by atoms with E-state index < -0.39 is 41.6 Å². The molecule has 0 unspecified atom stereocenters. The first kappa shape index (κ1) is 15.5. The van der Waals surface area contributed by atoms with Gasteiger partial charge in [0.05, 0.1) is 18.8 Å². The summed E-state index contributed by atoms with van der Waals surface area (Å²) in [6.45, 7) is -0.650. The summed E-state index contributed by atoms with van der Waals surface area (Å²) in [5.41, 5.74) is -0.814. The van der Waals surface area contributed by atoms with Crippen molar-refractivity contribution in [2.75, 3.05) is 18.5 Å². The molecule has 0 saturated heterocycles. The normalized spacial score (nSPS) is 14.7. The van der Waals surface area contributed by atoms with Crippen LogP contribution in [0.4, 0.5) is 18.9 Å². The monoisotopic (exact) mass is 364 g/mol. The Bertz CT molecular complexity index is 664. The Balaban J connectivity index is 2.32. The molecule has 0 aromatic heterocycles. The molecule has 0 aliphatic carbocycles. The molecule has 9 heteroatoms. The molecule has 1 aromatic carbocycles. The molecule has 0 bridgehead atoms. The number of amides is 2. The number of aliphatic hydroxyl groups is 1. The summed E-state index contributed by atoms with van der Waals surface area (Å²) in [6.07, 6.45) is 0.880. The van der Waals surface area contributed by atoms with Crippen molar-refractivity contribution >= 4 is 33.4 Å². The number of carbonyl (C=O) groups excluding carboxylic acids is 2. The van der Waals surface area contributed by atoms with Gasteiger partial charge in [-0.1, -0.05) is 0 Å². The number of nitrogens with one attached hydrogen (secondary N) is 1. The molecule has 0 fully saturated rings. The molecule has 1 aromatic rings. The Morgan fingerprint density at radius 3 is 2.52 bits per heavy atom. The summed E-state index contributed by atoms with van der Waals surface area (Å²) in [7, 11) is 0. The van der Waals surface area contributed by atoms with Crippen molar-refractivity contribution in [3.63, 3.8) is 0 Å². The number of benzene rings is 1. The third-order valence-corrected chi connectivity index (χ3v) is 3.33. The topological polar surface area (TPSA) is 69.6 Å². The van der Waals surface area contributed by atoms with Gasteiger partial charge in [-0.25, -0.2) is 13.2 Å². The first-order chi connectivity index (χ1) is 9.86. The van der Waals surface area contributed by atoms with Crippen molar-refractivity contribution < 1.29 is 27.9 Å². The molecule has 21 heavy (non-hydrogen) atoms. The van der Waals surface area contributed by atoms with Crippen LogP contribution in [0.15, 0.2) is 22.3 Å². The third-order valence-electron chi connectivity index (χ3n) is 2.71. The second kappa shape index (κ2) is 5.86. The van der Waals surface area contributed by atoms with E-state index in [2.05, 4.69) is 21.2 Å². The van der Waals surface area contributed by atoms with Crippen LogP contribution in [0.2, 0.25) is 0 Å². The first-order valence-electron chi connectivity index (χ1n) is 5.65. The fraction of sp³-hybridized carbons (Fsp3) is 0.167. The van der Waals surface area contributed by atoms with Crippen molar-refractivity contribution in [3.05, 3.63) is 39.8 Å². The summed E-state index contributed by atoms with van der Waals surface area (Å²) >= 11 is 2.83. The molecule has 0 atom stereocenters. The van der Waals surface area contributed by atoms with Gasteiger partial charge in [-0.3, -0.25) is 14.5 Å². The van der Waals surface area contributed by atoms with Crippen LogP contribution in [0, 0.1) is 17.5 Å². The van der Waals surface area contributed by atoms with Crippen molar-refractivity contribution in [2.24, 2.45) is 0 Å². The van der Waals surface area contributed by atoms with Crippen LogP contribution in [-0.4, -0.2) is 35.0 Å². The van der Waals surface area contributed by atoms with Gasteiger partial charge in [-0.15, -0.1) is 0 Å². The molecule has 0 saturated carbocycles. The molecule has 0 radical (unpaired) electrons. The molecular weight excluding hydrogens is 357 g/mol. The predicted molar refractivity (Wildman–Crippen MR) is 69.5 cm³/mol. The fourth-order valence-corrected chi connectivity index (χ4v) is 2.20. The summed E-state index contributed by atoms with van der Waals surface area (Å²) in [4.78, 5) is 24.1. The van der Waals surface area contributed by atoms with Crippen molar-refractivity contribution in [1.82, 2.24) is 4.90 Å². The lowest BCUT2D eigenvalue weighted by atomic mass is 10.2. The van der Waals surface area contributed by atoms with Gasteiger partial charge in [-0.2, -0.15) is 0 Å². The highest BCUT2D eigenvalue weighted by Gasteiger charge is 2.32. The fourth-order valence-electron chi connectivity index (χ4n) is 1.73. The van der Waals surface area contributed by atoms with Gasteiger partial charge in [-0.05, 0) is 22.0 Å². The molecule has 1 aliphatic heterocycles. The van der Waals surface area contributed by atoms with Gasteiger partial charge >= 0.3 is 0 Å². The minimum absolute atomic E-state index is 0.152. The number of imide groups is 1. The zero-order valence-electron chi connectivity index (χ0n) is 10.3. The van der Waals surface area contributed by atoms with E-state index in [9.17, 15) is 22.8 Å². The van der Waals surface area contributed by atoms with Gasteiger partial charge in [0, 0.05) is 10.5 Å². The molecule has 112 valence electrons. The quantitative estimate of drug-likeness (QED) is 0.482. The Labute approximate surface area is 125 Å². The minimum atomic E-state index is -1.70. The van der Waals surface area contributed by atoms with Gasteiger partial charge < -0.3 is 10.4 Å². The van der Waals surface area contributed by atoms with E-state index in [-0.39, 0.29) is 16.7 Å². The zero-order chi connectivity index (χ0) is 15.7. The van der Waals surface area contributed by atoms with E-state index >= 15 is 0 Å². The Hall–Kier alpha value is -1.87. The molecule has 0 spiro atoms. The zero-order valence-corrected chi connectivity index (χ0v) is 11.9. The predicted octanol–water partition coefficient (Wildman–Crippen LogP) is 1.52. The van der Waals surface area contributed by atoms with E-state index in [4.69, 9.17) is 5.11 Å². The first-order valence-corrected chi connectivity index (χ1v) is 6.44. The average molecular weight is 365 g/mol. The number of hydrogen-bond acceptors (Lipinski definition) is 4. The van der Waals surface area contributed by atoms with E-state index in [1.807, 2.05) is 0 Å². The summed E-state index contributed by atoms with van der Waals surface area (Å²) < 4.78 is 39.7. The molecule has 5 nitrogen and oxygen atoms in total. The average Bonchev–Trinajstić information content (AvgIpc) is 2.69. The van der Waals surface area contributed by atoms with Gasteiger partial charge in [0.25, 0.3) is 11.8 Å². The molecule has 2 amide bonds. The standard InChI is InChI=1S/C12H8BrF3N2O3/c13-5-3-6(14)9(15)10(16)11(5)17-7-4-8(20)18(1-2-19)12(7)21/h3-4,17,19H,1-2H2. The van der Waals surface area contributed by atoms with Crippen LogP contribution in [-0.2, 0) is 9.59 Å². The van der Waals surface area contributed by atoms with Crippen LogP contribution in [0.1, 0.15) is 0 Å². The maximum Gasteiger partial charge on any atom is 0.277 e. The Morgan fingerprint density at radius 2 is 1.90 bits per heavy atom. The second-order valence-corrected chi connectivity index (χ2v) is 4.90. The number of hydrogen-bond donors (Lipinski definition) is 2. The van der Waals surface area contributed by atoms with Crippen LogP contribution >= 0.6 is 15.9 Å². The van der Waals surface area contributed by atoms with Crippen LogP contribution in [0.5, 0.6) is 0 Å². The highest BCUT2D eigenvalue weighted by atomic mass is 79.9. The van der Waals surface area contributed by atoms with Crippen molar-refractivity contribution in [2.45, 2.75) is 0 Å². The van der Waals surface area contributed by atoms with Crippen LogP contribution in [0.3, 0.4) is 0 Å². The van der Waals surface area contributed by atoms with Crippen molar-refractivity contribution in [3.8, 4) is 0 Å².